The van der Waals surface area contributed by atoms with E-state index in [0.717, 1.165) is 42.4 Å². The van der Waals surface area contributed by atoms with Gasteiger partial charge in [0.15, 0.2) is 0 Å². The van der Waals surface area contributed by atoms with Gasteiger partial charge in [0.25, 0.3) is 0 Å². The molecule has 0 aliphatic rings. The molecule has 1 rings (SSSR count). The summed E-state index contributed by atoms with van der Waals surface area (Å²) in [5, 5.41) is 0. The molecule has 0 bridgehead atoms. The van der Waals surface area contributed by atoms with Crippen LogP contribution >= 0.6 is 0 Å². The molecule has 0 spiro atoms. The lowest BCUT2D eigenvalue weighted by atomic mass is 10.1. The van der Waals surface area contributed by atoms with Crippen LogP contribution in [-0.4, -0.2) is 36.4 Å². The molecule has 0 aromatic carbocycles. The molecule has 142 valence electrons. The molecule has 0 aliphatic heterocycles. The number of hydrogen-bond acceptors (Lipinski definition) is 3. The third kappa shape index (κ3) is 8.89. The van der Waals surface area contributed by atoms with Crippen molar-refractivity contribution in [1.82, 2.24) is 9.88 Å². The molecule has 25 heavy (non-hydrogen) atoms. The minimum atomic E-state index is 0.753. The molecular formula is C21H37N3O. The van der Waals surface area contributed by atoms with E-state index in [1.807, 2.05) is 32.1 Å². The van der Waals surface area contributed by atoms with Crippen LogP contribution in [0.2, 0.25) is 0 Å². The second kappa shape index (κ2) is 12.7. The number of nitrogens with zero attached hydrogens (tertiary/aromatic N) is 3. The molecule has 4 heteroatoms. The summed E-state index contributed by atoms with van der Waals surface area (Å²) < 4.78 is 5.89. The Morgan fingerprint density at radius 2 is 1.68 bits per heavy atom. The van der Waals surface area contributed by atoms with Crippen molar-refractivity contribution in [2.75, 3.05) is 20.2 Å². The van der Waals surface area contributed by atoms with E-state index in [1.54, 1.807) is 0 Å². The summed E-state index contributed by atoms with van der Waals surface area (Å²) in [4.78, 5) is 11.1. The fourth-order valence-electron chi connectivity index (χ4n) is 2.59. The zero-order chi connectivity index (χ0) is 18.5. The number of aromatic nitrogens is 1. The van der Waals surface area contributed by atoms with Gasteiger partial charge < -0.3 is 9.64 Å². The Labute approximate surface area is 154 Å². The molecule has 1 heterocycles. The maximum absolute atomic E-state index is 5.89. The predicted octanol–water partition coefficient (Wildman–Crippen LogP) is 5.83. The monoisotopic (exact) mass is 347 g/mol. The number of pyridine rings is 1. The van der Waals surface area contributed by atoms with Crippen molar-refractivity contribution in [3.63, 3.8) is 0 Å². The second-order valence-corrected chi connectivity index (χ2v) is 6.86. The van der Waals surface area contributed by atoms with Crippen LogP contribution in [0.5, 0.6) is 5.88 Å². The minimum absolute atomic E-state index is 0.753. The Balaban J connectivity index is 2.35. The topological polar surface area (TPSA) is 37.7 Å². The highest BCUT2D eigenvalue weighted by Gasteiger charge is 2.07. The first kappa shape index (κ1) is 21.5. The lowest BCUT2D eigenvalue weighted by Crippen LogP contribution is -2.14. The standard InChI is InChI=1S/C21H37N3O/c1-6-8-9-10-11-12-13-14-15-25-21-18(3)16-20(19(4)23-21)22-17-24(5)7-2/h16-17H,6-15H2,1-5H3. The van der Waals surface area contributed by atoms with Gasteiger partial charge in [0.2, 0.25) is 5.88 Å². The van der Waals surface area contributed by atoms with Gasteiger partial charge in [0.1, 0.15) is 0 Å². The number of aryl methyl sites for hydroxylation is 2. The summed E-state index contributed by atoms with van der Waals surface area (Å²) in [6.45, 7) is 10.1. The first-order chi connectivity index (χ1) is 12.1. The van der Waals surface area contributed by atoms with Crippen molar-refractivity contribution in [2.45, 2.75) is 79.1 Å². The maximum atomic E-state index is 5.89. The van der Waals surface area contributed by atoms with E-state index in [2.05, 4.69) is 29.9 Å². The minimum Gasteiger partial charge on any atom is -0.477 e. The average molecular weight is 348 g/mol. The summed E-state index contributed by atoms with van der Waals surface area (Å²) in [5.74, 6) is 0.753. The summed E-state index contributed by atoms with van der Waals surface area (Å²) in [6.07, 6.45) is 12.3. The molecule has 0 fully saturated rings. The fraction of sp³-hybridized carbons (Fsp3) is 0.714. The van der Waals surface area contributed by atoms with E-state index in [-0.39, 0.29) is 0 Å². The summed E-state index contributed by atoms with van der Waals surface area (Å²) in [5.41, 5.74) is 2.88. The fourth-order valence-corrected chi connectivity index (χ4v) is 2.59. The number of ether oxygens (including phenoxy) is 1. The van der Waals surface area contributed by atoms with E-state index >= 15 is 0 Å². The molecule has 0 radical (unpaired) electrons. The van der Waals surface area contributed by atoms with Crippen LogP contribution < -0.4 is 4.74 Å². The molecule has 1 aromatic heterocycles. The van der Waals surface area contributed by atoms with Crippen molar-refractivity contribution in [2.24, 2.45) is 4.99 Å². The van der Waals surface area contributed by atoms with Crippen LogP contribution in [0.1, 0.15) is 76.5 Å². The van der Waals surface area contributed by atoms with Gasteiger partial charge in [-0.25, -0.2) is 9.98 Å². The summed E-state index contributed by atoms with van der Waals surface area (Å²) >= 11 is 0. The van der Waals surface area contributed by atoms with Gasteiger partial charge in [-0.15, -0.1) is 0 Å². The van der Waals surface area contributed by atoms with Crippen molar-refractivity contribution in [1.29, 1.82) is 0 Å². The Bertz CT molecular complexity index is 514. The summed E-state index contributed by atoms with van der Waals surface area (Å²) in [7, 11) is 2.01. The predicted molar refractivity (Wildman–Crippen MR) is 108 cm³/mol. The van der Waals surface area contributed by atoms with Crippen LogP contribution in [0.15, 0.2) is 11.1 Å². The van der Waals surface area contributed by atoms with Crippen LogP contribution in [-0.2, 0) is 0 Å². The number of hydrogen-bond donors (Lipinski definition) is 0. The smallest absolute Gasteiger partial charge is 0.216 e. The van der Waals surface area contributed by atoms with Crippen molar-refractivity contribution in [3.05, 3.63) is 17.3 Å². The van der Waals surface area contributed by atoms with Crippen LogP contribution in [0.25, 0.3) is 0 Å². The van der Waals surface area contributed by atoms with Gasteiger partial charge in [-0.3, -0.25) is 0 Å². The van der Waals surface area contributed by atoms with Crippen molar-refractivity contribution < 1.29 is 4.74 Å². The molecule has 0 amide bonds. The SMILES string of the molecule is CCCCCCCCCCOc1nc(C)c(N=CN(C)CC)cc1C. The zero-order valence-electron chi connectivity index (χ0n) is 17.0. The highest BCUT2D eigenvalue weighted by atomic mass is 16.5. The van der Waals surface area contributed by atoms with Gasteiger partial charge in [-0.2, -0.15) is 0 Å². The number of rotatable bonds is 13. The molecule has 0 saturated heterocycles. The van der Waals surface area contributed by atoms with E-state index in [1.165, 1.54) is 44.9 Å². The Hall–Kier alpha value is -1.58. The Morgan fingerprint density at radius 3 is 2.32 bits per heavy atom. The molecule has 0 atom stereocenters. The average Bonchev–Trinajstić information content (AvgIpc) is 2.61. The summed E-state index contributed by atoms with van der Waals surface area (Å²) in [6, 6.07) is 2.06. The molecule has 1 aromatic rings. The Kier molecular flexibility index (Phi) is 10.9. The third-order valence-corrected chi connectivity index (χ3v) is 4.46. The molecule has 0 N–H and O–H groups in total. The molecule has 0 saturated carbocycles. The number of aliphatic imine (C=N–C) groups is 1. The third-order valence-electron chi connectivity index (χ3n) is 4.46. The Morgan fingerprint density at radius 1 is 1.04 bits per heavy atom. The highest BCUT2D eigenvalue weighted by Crippen LogP contribution is 2.24. The van der Waals surface area contributed by atoms with Crippen LogP contribution in [0.3, 0.4) is 0 Å². The number of unbranched alkanes of at least 4 members (excludes halogenated alkanes) is 7. The normalized spacial score (nSPS) is 11.2. The van der Waals surface area contributed by atoms with E-state index in [9.17, 15) is 0 Å². The van der Waals surface area contributed by atoms with Gasteiger partial charge in [0.05, 0.1) is 24.3 Å². The van der Waals surface area contributed by atoms with Gasteiger partial charge in [-0.1, -0.05) is 51.9 Å². The van der Waals surface area contributed by atoms with Gasteiger partial charge in [-0.05, 0) is 33.3 Å². The maximum Gasteiger partial charge on any atom is 0.216 e. The molecule has 0 aliphatic carbocycles. The van der Waals surface area contributed by atoms with Crippen LogP contribution in [0, 0.1) is 13.8 Å². The largest absolute Gasteiger partial charge is 0.477 e. The first-order valence-electron chi connectivity index (χ1n) is 9.94. The second-order valence-electron chi connectivity index (χ2n) is 6.86. The zero-order valence-corrected chi connectivity index (χ0v) is 17.0. The van der Waals surface area contributed by atoms with Crippen molar-refractivity contribution in [3.8, 4) is 5.88 Å². The van der Waals surface area contributed by atoms with Crippen LogP contribution in [0.4, 0.5) is 5.69 Å². The molecule has 0 unspecified atom stereocenters. The first-order valence-corrected chi connectivity index (χ1v) is 9.94. The lowest BCUT2D eigenvalue weighted by Gasteiger charge is -2.12. The quantitative estimate of drug-likeness (QED) is 0.256. The molecular weight excluding hydrogens is 310 g/mol. The van der Waals surface area contributed by atoms with Gasteiger partial charge >= 0.3 is 0 Å². The van der Waals surface area contributed by atoms with E-state index in [4.69, 9.17) is 4.74 Å². The lowest BCUT2D eigenvalue weighted by molar-refractivity contribution is 0.290. The van der Waals surface area contributed by atoms with E-state index in [0.29, 0.717) is 0 Å². The highest BCUT2D eigenvalue weighted by molar-refractivity contribution is 5.62. The van der Waals surface area contributed by atoms with Gasteiger partial charge in [0, 0.05) is 19.2 Å². The van der Waals surface area contributed by atoms with Crippen molar-refractivity contribution >= 4 is 12.0 Å². The van der Waals surface area contributed by atoms with E-state index < -0.39 is 0 Å². The molecule has 4 nitrogen and oxygen atoms in total.